The summed E-state index contributed by atoms with van der Waals surface area (Å²) in [7, 11) is -3.56. The van der Waals surface area contributed by atoms with Crippen molar-refractivity contribution in [3.8, 4) is 0 Å². The Labute approximate surface area is 130 Å². The predicted molar refractivity (Wildman–Crippen MR) is 76.4 cm³/mol. The zero-order valence-corrected chi connectivity index (χ0v) is 12.9. The van der Waals surface area contributed by atoms with Gasteiger partial charge in [-0.15, -0.1) is 0 Å². The third-order valence-electron chi connectivity index (χ3n) is 4.53. The van der Waals surface area contributed by atoms with E-state index in [0.29, 0.717) is 13.0 Å². The van der Waals surface area contributed by atoms with Gasteiger partial charge in [-0.05, 0) is 5.56 Å². The lowest BCUT2D eigenvalue weighted by Crippen LogP contribution is -2.78. The highest BCUT2D eigenvalue weighted by molar-refractivity contribution is 7.85. The van der Waals surface area contributed by atoms with Crippen molar-refractivity contribution in [2.45, 2.75) is 30.5 Å². The van der Waals surface area contributed by atoms with E-state index >= 15 is 0 Å². The van der Waals surface area contributed by atoms with E-state index in [9.17, 15) is 8.42 Å². The SMILES string of the molecule is [3H]C1O[C@@]2(COS(C)(=O)=O)CC3(OCc4ccccc4)O[C@H]1C32. The summed E-state index contributed by atoms with van der Waals surface area (Å²) in [5.41, 5.74) is 0.231. The van der Waals surface area contributed by atoms with Gasteiger partial charge < -0.3 is 14.2 Å². The van der Waals surface area contributed by atoms with Crippen molar-refractivity contribution in [1.29, 1.82) is 0 Å². The van der Waals surface area contributed by atoms with E-state index < -0.39 is 28.1 Å². The molecule has 0 N–H and O–H groups in total. The van der Waals surface area contributed by atoms with Crippen molar-refractivity contribution < 1.29 is 28.2 Å². The van der Waals surface area contributed by atoms with E-state index in [1.807, 2.05) is 30.3 Å². The Bertz CT molecular complexity index is 710. The second-order valence-electron chi connectivity index (χ2n) is 6.11. The molecule has 22 heavy (non-hydrogen) atoms. The summed E-state index contributed by atoms with van der Waals surface area (Å²) in [6.45, 7) is -0.531. The topological polar surface area (TPSA) is 71.1 Å². The first-order chi connectivity index (χ1) is 10.8. The van der Waals surface area contributed by atoms with Crippen LogP contribution in [0.15, 0.2) is 30.3 Å². The second-order valence-corrected chi connectivity index (χ2v) is 7.75. The molecule has 1 aromatic rings. The van der Waals surface area contributed by atoms with Crippen LogP contribution in [0, 0.1) is 5.92 Å². The van der Waals surface area contributed by atoms with Crippen molar-refractivity contribution in [2.75, 3.05) is 19.4 Å². The fraction of sp³-hybridized carbons (Fsp3) is 0.600. The quantitative estimate of drug-likeness (QED) is 0.727. The molecule has 1 saturated carbocycles. The summed E-state index contributed by atoms with van der Waals surface area (Å²) in [5, 5.41) is 0. The molecule has 3 fully saturated rings. The Morgan fingerprint density at radius 2 is 2.18 bits per heavy atom. The van der Waals surface area contributed by atoms with E-state index in [1.165, 1.54) is 0 Å². The van der Waals surface area contributed by atoms with Crippen LogP contribution in [0.25, 0.3) is 0 Å². The minimum Gasteiger partial charge on any atom is -0.369 e. The third-order valence-corrected chi connectivity index (χ3v) is 5.08. The average molecular weight is 328 g/mol. The largest absolute Gasteiger partial charge is 0.369 e. The molecule has 5 atom stereocenters. The molecule has 120 valence electrons. The first-order valence-electron chi connectivity index (χ1n) is 7.72. The van der Waals surface area contributed by atoms with Crippen molar-refractivity contribution in [3.05, 3.63) is 35.9 Å². The van der Waals surface area contributed by atoms with Gasteiger partial charge in [0.2, 0.25) is 0 Å². The monoisotopic (exact) mass is 328 g/mol. The normalized spacial score (nSPS) is 43.0. The minimum absolute atomic E-state index is 0.0951. The Morgan fingerprint density at radius 1 is 1.41 bits per heavy atom. The van der Waals surface area contributed by atoms with Crippen LogP contribution < -0.4 is 0 Å². The summed E-state index contributed by atoms with van der Waals surface area (Å²) in [4.78, 5) is 0. The highest BCUT2D eigenvalue weighted by Gasteiger charge is 2.80. The summed E-state index contributed by atoms with van der Waals surface area (Å²) in [5.74, 6) is -0.945. The van der Waals surface area contributed by atoms with Crippen LogP contribution in [0.3, 0.4) is 0 Å². The number of rotatable bonds is 6. The molecule has 1 aromatic carbocycles. The third kappa shape index (κ3) is 2.19. The average Bonchev–Trinajstić information content (AvgIpc) is 2.57. The molecule has 0 amide bonds. The van der Waals surface area contributed by atoms with Crippen LogP contribution >= 0.6 is 0 Å². The maximum Gasteiger partial charge on any atom is 0.264 e. The predicted octanol–water partition coefficient (Wildman–Crippen LogP) is 1.06. The molecule has 3 aliphatic rings. The molecule has 3 unspecified atom stereocenters. The van der Waals surface area contributed by atoms with Crippen LogP contribution in [0.5, 0.6) is 0 Å². The van der Waals surface area contributed by atoms with Gasteiger partial charge in [0.25, 0.3) is 10.1 Å². The lowest BCUT2D eigenvalue weighted by Gasteiger charge is -2.64. The molecule has 0 radical (unpaired) electrons. The molecule has 0 bridgehead atoms. The molecule has 2 heterocycles. The number of hydrogen-bond acceptors (Lipinski definition) is 6. The Balaban J connectivity index is 1.45. The Morgan fingerprint density at radius 3 is 2.91 bits per heavy atom. The Hall–Kier alpha value is -0.990. The number of benzene rings is 1. The van der Waals surface area contributed by atoms with Crippen LogP contribution in [0.1, 0.15) is 13.4 Å². The molecule has 0 aromatic heterocycles. The van der Waals surface area contributed by atoms with Gasteiger partial charge in [-0.2, -0.15) is 8.42 Å². The molecule has 1 aliphatic carbocycles. The summed E-state index contributed by atoms with van der Waals surface area (Å²) >= 11 is 0. The highest BCUT2D eigenvalue weighted by atomic mass is 32.2. The van der Waals surface area contributed by atoms with E-state index in [0.717, 1.165) is 11.8 Å². The zero-order valence-electron chi connectivity index (χ0n) is 13.1. The fourth-order valence-corrected chi connectivity index (χ4v) is 3.97. The summed E-state index contributed by atoms with van der Waals surface area (Å²) in [6.07, 6.45) is 0.991. The van der Waals surface area contributed by atoms with E-state index in [4.69, 9.17) is 19.8 Å². The minimum atomic E-state index is -3.56. The molecule has 2 saturated heterocycles. The van der Waals surface area contributed by atoms with Gasteiger partial charge in [-0.1, -0.05) is 30.3 Å². The number of ether oxygens (including phenoxy) is 3. The van der Waals surface area contributed by atoms with E-state index in [1.54, 1.807) is 0 Å². The Kier molecular flexibility index (Phi) is 2.90. The zero-order chi connectivity index (χ0) is 16.3. The van der Waals surface area contributed by atoms with Gasteiger partial charge in [0.05, 0.1) is 39.4 Å². The maximum atomic E-state index is 11.2. The van der Waals surface area contributed by atoms with Crippen molar-refractivity contribution >= 4 is 10.1 Å². The first-order valence-corrected chi connectivity index (χ1v) is 8.95. The van der Waals surface area contributed by atoms with Gasteiger partial charge >= 0.3 is 0 Å². The van der Waals surface area contributed by atoms with Gasteiger partial charge in [-0.25, -0.2) is 0 Å². The summed E-state index contributed by atoms with van der Waals surface area (Å²) in [6, 6.07) is 9.73. The lowest BCUT2D eigenvalue weighted by molar-refractivity contribution is -0.449. The van der Waals surface area contributed by atoms with Gasteiger partial charge in [-0.3, -0.25) is 4.18 Å². The van der Waals surface area contributed by atoms with Gasteiger partial charge in [0, 0.05) is 6.42 Å². The lowest BCUT2D eigenvalue weighted by atomic mass is 9.59. The molecular weight excluding hydrogens is 308 g/mol. The maximum absolute atomic E-state index is 11.2. The van der Waals surface area contributed by atoms with Crippen LogP contribution in [-0.4, -0.2) is 45.4 Å². The standard InChI is InChI=1S/C15H18O6S/c1-22(16,17)20-10-14-9-15(13(14)12(21-15)8-18-14)19-7-11-5-3-2-4-6-11/h2-6,12-13H,7-10H2,1H3/t12-,13?,14-,15?/m1/s1/i8T/t8?,12-,13?,14-,15?. The van der Waals surface area contributed by atoms with E-state index in [-0.39, 0.29) is 18.6 Å². The van der Waals surface area contributed by atoms with Crippen molar-refractivity contribution in [2.24, 2.45) is 5.92 Å². The first kappa shape index (κ1) is 13.4. The summed E-state index contributed by atoms with van der Waals surface area (Å²) < 4.78 is 52.7. The van der Waals surface area contributed by atoms with Gasteiger partial charge in [0.15, 0.2) is 5.79 Å². The van der Waals surface area contributed by atoms with E-state index in [2.05, 4.69) is 0 Å². The van der Waals surface area contributed by atoms with Crippen LogP contribution in [0.2, 0.25) is 0 Å². The van der Waals surface area contributed by atoms with Crippen LogP contribution in [-0.2, 0) is 35.1 Å². The van der Waals surface area contributed by atoms with Crippen molar-refractivity contribution in [1.82, 2.24) is 0 Å². The van der Waals surface area contributed by atoms with Crippen LogP contribution in [0.4, 0.5) is 0 Å². The van der Waals surface area contributed by atoms with Gasteiger partial charge in [0.1, 0.15) is 5.60 Å². The second kappa shape index (κ2) is 4.75. The molecule has 7 heteroatoms. The molecule has 6 nitrogen and oxygen atoms in total. The molecular formula is C15H18O6S. The molecule has 2 aliphatic heterocycles. The fourth-order valence-electron chi connectivity index (χ4n) is 3.56. The molecule has 0 spiro atoms. The highest BCUT2D eigenvalue weighted by Crippen LogP contribution is 2.66. The smallest absolute Gasteiger partial charge is 0.264 e. The van der Waals surface area contributed by atoms with Crippen molar-refractivity contribution in [3.63, 3.8) is 0 Å². The molecule has 4 rings (SSSR count). The number of hydrogen-bond donors (Lipinski definition) is 0.